The van der Waals surface area contributed by atoms with Gasteiger partial charge in [0, 0.05) is 17.1 Å². The Morgan fingerprint density at radius 1 is 1.18 bits per heavy atom. The Morgan fingerprint density at radius 2 is 1.82 bits per heavy atom. The number of alkyl halides is 3. The van der Waals surface area contributed by atoms with Crippen LogP contribution in [0.2, 0.25) is 0 Å². The van der Waals surface area contributed by atoms with Gasteiger partial charge in [0.2, 0.25) is 0 Å². The number of nitriles is 1. The van der Waals surface area contributed by atoms with Gasteiger partial charge >= 0.3 is 6.18 Å². The molecule has 0 radical (unpaired) electrons. The third kappa shape index (κ3) is 5.37. The van der Waals surface area contributed by atoms with Crippen LogP contribution in [-0.2, 0) is 6.18 Å². The Morgan fingerprint density at radius 3 is 2.35 bits per heavy atom. The molecule has 0 aliphatic carbocycles. The summed E-state index contributed by atoms with van der Waals surface area (Å²) in [6, 6.07) is 7.13. The zero-order valence-corrected chi connectivity index (χ0v) is 10.5. The van der Waals surface area contributed by atoms with Gasteiger partial charge < -0.3 is 0 Å². The maximum Gasteiger partial charge on any atom is 0.416 e. The van der Waals surface area contributed by atoms with Crippen molar-refractivity contribution in [3.63, 3.8) is 0 Å². The predicted molar refractivity (Wildman–Crippen MR) is 64.6 cm³/mol. The molecule has 0 aliphatic rings. The van der Waals surface area contributed by atoms with E-state index in [1.165, 1.54) is 22.9 Å². The predicted octanol–water partition coefficient (Wildman–Crippen LogP) is 4.75. The molecule has 0 saturated carbocycles. The normalized spacial score (nSPS) is 11.2. The third-order valence-electron chi connectivity index (χ3n) is 1.85. The lowest BCUT2D eigenvalue weighted by molar-refractivity contribution is -0.137. The van der Waals surface area contributed by atoms with Crippen LogP contribution in [0.15, 0.2) is 29.2 Å². The summed E-state index contributed by atoms with van der Waals surface area (Å²) in [4.78, 5) is 0.792. The van der Waals surface area contributed by atoms with E-state index in [0.717, 1.165) is 29.2 Å². The van der Waals surface area contributed by atoms with E-state index in [0.29, 0.717) is 6.42 Å². The first-order chi connectivity index (χ1) is 8.04. The van der Waals surface area contributed by atoms with Crippen molar-refractivity contribution >= 4 is 21.6 Å². The fourth-order valence-electron chi connectivity index (χ4n) is 1.02. The van der Waals surface area contributed by atoms with Gasteiger partial charge in [0.05, 0.1) is 11.6 Å². The van der Waals surface area contributed by atoms with Gasteiger partial charge in [-0.15, -0.1) is 0 Å². The molecule has 1 nitrogen and oxygen atoms in total. The highest BCUT2D eigenvalue weighted by Crippen LogP contribution is 2.34. The molecule has 1 rings (SSSR count). The number of benzene rings is 1. The van der Waals surface area contributed by atoms with E-state index in [1.807, 2.05) is 6.07 Å². The van der Waals surface area contributed by atoms with Crippen LogP contribution in [0.5, 0.6) is 0 Å². The molecule has 17 heavy (non-hydrogen) atoms. The van der Waals surface area contributed by atoms with E-state index in [1.54, 1.807) is 10.8 Å². The minimum atomic E-state index is -4.27. The van der Waals surface area contributed by atoms with Gasteiger partial charge in [-0.3, -0.25) is 0 Å². The Bertz CT molecular complexity index is 381. The Labute approximate surface area is 106 Å². The molecule has 0 unspecified atom stereocenters. The summed E-state index contributed by atoms with van der Waals surface area (Å²) in [6.07, 6.45) is -2.96. The number of nitrogens with zero attached hydrogens (tertiary/aromatic N) is 1. The van der Waals surface area contributed by atoms with Crippen molar-refractivity contribution in [1.29, 1.82) is 5.26 Å². The van der Waals surface area contributed by atoms with Gasteiger partial charge in [0.25, 0.3) is 0 Å². The van der Waals surface area contributed by atoms with Crippen molar-refractivity contribution in [3.05, 3.63) is 29.8 Å². The van der Waals surface area contributed by atoms with Crippen LogP contribution >= 0.6 is 21.6 Å². The highest BCUT2D eigenvalue weighted by atomic mass is 33.1. The molecule has 0 atom stereocenters. The Hall–Kier alpha value is -0.800. The van der Waals surface area contributed by atoms with E-state index in [2.05, 4.69) is 0 Å². The molecular weight excluding hydrogens is 267 g/mol. The summed E-state index contributed by atoms with van der Waals surface area (Å²) in [5, 5.41) is 8.32. The highest BCUT2D eigenvalue weighted by Gasteiger charge is 2.29. The lowest BCUT2D eigenvalue weighted by Crippen LogP contribution is -2.03. The second kappa shape index (κ2) is 6.82. The first kappa shape index (κ1) is 14.3. The summed E-state index contributed by atoms with van der Waals surface area (Å²) in [6.45, 7) is 0. The van der Waals surface area contributed by atoms with Crippen LogP contribution in [-0.4, -0.2) is 5.75 Å². The lowest BCUT2D eigenvalue weighted by Gasteiger charge is -2.06. The van der Waals surface area contributed by atoms with E-state index >= 15 is 0 Å². The maximum atomic E-state index is 12.3. The average Bonchev–Trinajstić information content (AvgIpc) is 2.28. The van der Waals surface area contributed by atoms with Gasteiger partial charge in [-0.1, -0.05) is 21.6 Å². The zero-order chi connectivity index (χ0) is 12.7. The van der Waals surface area contributed by atoms with Crippen molar-refractivity contribution < 1.29 is 13.2 Å². The average molecular weight is 277 g/mol. The van der Waals surface area contributed by atoms with E-state index in [4.69, 9.17) is 5.26 Å². The summed E-state index contributed by atoms with van der Waals surface area (Å²) >= 11 is 0. The first-order valence-electron chi connectivity index (χ1n) is 4.87. The molecule has 0 fully saturated rings. The number of halogens is 3. The molecule has 6 heteroatoms. The molecule has 1 aromatic rings. The van der Waals surface area contributed by atoms with Crippen LogP contribution in [0.3, 0.4) is 0 Å². The molecule has 0 bridgehead atoms. The SMILES string of the molecule is N#CCCCSSc1ccc(C(F)(F)F)cc1. The Kier molecular flexibility index (Phi) is 5.72. The number of unbranched alkanes of at least 4 members (excludes halogenated alkanes) is 1. The second-order valence-corrected chi connectivity index (χ2v) is 5.68. The number of rotatable bonds is 5. The molecule has 0 aliphatic heterocycles. The molecular formula is C11H10F3NS2. The van der Waals surface area contributed by atoms with Crippen LogP contribution in [0.4, 0.5) is 13.2 Å². The minimum absolute atomic E-state index is 0.514. The van der Waals surface area contributed by atoms with Crippen LogP contribution in [0.1, 0.15) is 18.4 Å². The first-order valence-corrected chi connectivity index (χ1v) is 7.19. The zero-order valence-electron chi connectivity index (χ0n) is 8.83. The van der Waals surface area contributed by atoms with Crippen molar-refractivity contribution in [2.75, 3.05) is 5.75 Å². The van der Waals surface area contributed by atoms with Crippen molar-refractivity contribution in [1.82, 2.24) is 0 Å². The van der Waals surface area contributed by atoms with Crippen LogP contribution < -0.4 is 0 Å². The van der Waals surface area contributed by atoms with Gasteiger partial charge in [-0.05, 0) is 30.7 Å². The molecule has 0 spiro atoms. The Balaban J connectivity index is 2.39. The highest BCUT2D eigenvalue weighted by molar-refractivity contribution is 8.76. The monoisotopic (exact) mass is 277 g/mol. The lowest BCUT2D eigenvalue weighted by atomic mass is 10.2. The fourth-order valence-corrected chi connectivity index (χ4v) is 3.09. The molecule has 1 aromatic carbocycles. The number of hydrogen-bond acceptors (Lipinski definition) is 3. The number of hydrogen-bond donors (Lipinski definition) is 0. The standard InChI is InChI=1S/C11H10F3NS2/c12-11(13,14)9-3-5-10(6-4-9)17-16-8-2-1-7-15/h3-6H,1-2,8H2. The second-order valence-electron chi connectivity index (χ2n) is 3.19. The topological polar surface area (TPSA) is 23.8 Å². The van der Waals surface area contributed by atoms with Crippen LogP contribution in [0, 0.1) is 11.3 Å². The van der Waals surface area contributed by atoms with Gasteiger partial charge in [-0.25, -0.2) is 0 Å². The summed E-state index contributed by atoms with van der Waals surface area (Å²) in [7, 11) is 2.97. The third-order valence-corrected chi connectivity index (χ3v) is 4.32. The van der Waals surface area contributed by atoms with Crippen molar-refractivity contribution in [3.8, 4) is 6.07 Å². The van der Waals surface area contributed by atoms with Crippen LogP contribution in [0.25, 0.3) is 0 Å². The van der Waals surface area contributed by atoms with Crippen molar-refractivity contribution in [2.45, 2.75) is 23.9 Å². The fraction of sp³-hybridized carbons (Fsp3) is 0.364. The minimum Gasteiger partial charge on any atom is -0.198 e. The quantitative estimate of drug-likeness (QED) is 0.573. The summed E-state index contributed by atoms with van der Waals surface area (Å²) in [5.74, 6) is 0.819. The van der Waals surface area contributed by atoms with Gasteiger partial charge in [0.1, 0.15) is 0 Å². The molecule has 0 saturated heterocycles. The molecule has 0 aromatic heterocycles. The van der Waals surface area contributed by atoms with Gasteiger partial charge in [-0.2, -0.15) is 18.4 Å². The summed E-state index contributed by atoms with van der Waals surface area (Å²) < 4.78 is 36.8. The molecule has 0 N–H and O–H groups in total. The van der Waals surface area contributed by atoms with E-state index < -0.39 is 11.7 Å². The maximum absolute atomic E-state index is 12.3. The van der Waals surface area contributed by atoms with Gasteiger partial charge in [0.15, 0.2) is 0 Å². The van der Waals surface area contributed by atoms with Crippen molar-refractivity contribution in [2.24, 2.45) is 0 Å². The van der Waals surface area contributed by atoms with E-state index in [-0.39, 0.29) is 0 Å². The summed E-state index contributed by atoms with van der Waals surface area (Å²) in [5.41, 5.74) is -0.628. The molecule has 92 valence electrons. The largest absolute Gasteiger partial charge is 0.416 e. The molecule has 0 amide bonds. The van der Waals surface area contributed by atoms with E-state index in [9.17, 15) is 13.2 Å². The molecule has 0 heterocycles. The smallest absolute Gasteiger partial charge is 0.198 e.